The predicted molar refractivity (Wildman–Crippen MR) is 136 cm³/mol. The van der Waals surface area contributed by atoms with E-state index in [1.165, 1.54) is 77.0 Å². The number of aliphatic hydroxyl groups is 2. The number of carbonyl (C=O) groups is 1. The summed E-state index contributed by atoms with van der Waals surface area (Å²) in [6, 6.07) is 0. The first-order valence-corrected chi connectivity index (χ1v) is 14.1. The van der Waals surface area contributed by atoms with Crippen LogP contribution in [0.1, 0.15) is 161 Å². The van der Waals surface area contributed by atoms with Crippen LogP contribution < -0.4 is 0 Å². The molecule has 0 heterocycles. The summed E-state index contributed by atoms with van der Waals surface area (Å²) in [5, 5.41) is 28.9. The van der Waals surface area contributed by atoms with Gasteiger partial charge in [0.2, 0.25) is 0 Å². The summed E-state index contributed by atoms with van der Waals surface area (Å²) in [7, 11) is 0. The molecule has 0 spiro atoms. The van der Waals surface area contributed by atoms with Gasteiger partial charge < -0.3 is 15.3 Å². The predicted octanol–water partition coefficient (Wildman–Crippen LogP) is 8.18. The van der Waals surface area contributed by atoms with E-state index in [4.69, 9.17) is 5.11 Å². The van der Waals surface area contributed by atoms with Crippen molar-refractivity contribution in [2.24, 2.45) is 0 Å². The molecule has 0 fully saturated rings. The largest absolute Gasteiger partial charge is 0.481 e. The van der Waals surface area contributed by atoms with Crippen LogP contribution >= 0.6 is 0 Å². The second-order valence-corrected chi connectivity index (χ2v) is 9.97. The first-order valence-electron chi connectivity index (χ1n) is 14.1. The summed E-state index contributed by atoms with van der Waals surface area (Å²) < 4.78 is 0. The number of aliphatic carboxylic acids is 1. The smallest absolute Gasteiger partial charge is 0.303 e. The molecule has 4 nitrogen and oxygen atoms in total. The maximum Gasteiger partial charge on any atom is 0.303 e. The molecule has 3 N–H and O–H groups in total. The number of hydrogen-bond donors (Lipinski definition) is 3. The summed E-state index contributed by atoms with van der Waals surface area (Å²) in [6.07, 6.45) is 26.4. The molecular formula is C28H56O4. The van der Waals surface area contributed by atoms with Crippen LogP contribution in [0.5, 0.6) is 0 Å². The van der Waals surface area contributed by atoms with Crippen molar-refractivity contribution in [2.75, 3.05) is 0 Å². The highest BCUT2D eigenvalue weighted by atomic mass is 16.4. The van der Waals surface area contributed by atoms with Gasteiger partial charge in [-0.25, -0.2) is 0 Å². The van der Waals surface area contributed by atoms with Gasteiger partial charge in [0.05, 0.1) is 12.2 Å². The van der Waals surface area contributed by atoms with Gasteiger partial charge in [0, 0.05) is 6.42 Å². The van der Waals surface area contributed by atoms with Crippen LogP contribution in [0.4, 0.5) is 0 Å². The first kappa shape index (κ1) is 31.4. The number of carboxylic acid groups (broad SMARTS) is 1. The average molecular weight is 457 g/mol. The zero-order chi connectivity index (χ0) is 23.7. The van der Waals surface area contributed by atoms with Gasteiger partial charge in [0.25, 0.3) is 0 Å². The lowest BCUT2D eigenvalue weighted by molar-refractivity contribution is -0.137. The first-order chi connectivity index (χ1) is 15.6. The van der Waals surface area contributed by atoms with E-state index in [9.17, 15) is 15.0 Å². The van der Waals surface area contributed by atoms with E-state index >= 15 is 0 Å². The van der Waals surface area contributed by atoms with Gasteiger partial charge in [0.15, 0.2) is 0 Å². The molecule has 0 bridgehead atoms. The standard InChI is InChI=1S/C28H56O4/c1-2-3-4-5-6-7-8-9-10-12-15-18-21-26(29)24-25-27(30)22-19-16-13-11-14-17-20-23-28(31)32/h26-27,29-30H,2-25H2,1H3,(H,31,32). The monoisotopic (exact) mass is 456 g/mol. The quantitative estimate of drug-likeness (QED) is 0.115. The number of unbranched alkanes of at least 4 members (excludes halogenated alkanes) is 17. The van der Waals surface area contributed by atoms with Crippen molar-refractivity contribution in [3.05, 3.63) is 0 Å². The van der Waals surface area contributed by atoms with Crippen LogP contribution in [0.2, 0.25) is 0 Å². The summed E-state index contributed by atoms with van der Waals surface area (Å²) in [5.41, 5.74) is 0. The molecule has 0 rings (SSSR count). The maximum atomic E-state index is 10.4. The highest BCUT2D eigenvalue weighted by molar-refractivity contribution is 5.66. The van der Waals surface area contributed by atoms with Crippen molar-refractivity contribution in [3.63, 3.8) is 0 Å². The fourth-order valence-corrected chi connectivity index (χ4v) is 4.43. The summed E-state index contributed by atoms with van der Waals surface area (Å²) in [6.45, 7) is 2.27. The summed E-state index contributed by atoms with van der Waals surface area (Å²) >= 11 is 0. The van der Waals surface area contributed by atoms with Crippen LogP contribution in [0.15, 0.2) is 0 Å². The summed E-state index contributed by atoms with van der Waals surface area (Å²) in [4.78, 5) is 10.4. The minimum Gasteiger partial charge on any atom is -0.481 e. The molecular weight excluding hydrogens is 400 g/mol. The summed E-state index contributed by atoms with van der Waals surface area (Å²) in [5.74, 6) is -0.696. The van der Waals surface area contributed by atoms with Crippen molar-refractivity contribution in [1.29, 1.82) is 0 Å². The van der Waals surface area contributed by atoms with Crippen molar-refractivity contribution in [2.45, 2.75) is 173 Å². The molecule has 0 saturated carbocycles. The zero-order valence-electron chi connectivity index (χ0n) is 21.4. The minimum atomic E-state index is -0.696. The minimum absolute atomic E-state index is 0.251. The highest BCUT2D eigenvalue weighted by Crippen LogP contribution is 2.16. The van der Waals surface area contributed by atoms with Crippen LogP contribution in [0.3, 0.4) is 0 Å². The third kappa shape index (κ3) is 25.6. The molecule has 2 atom stereocenters. The molecule has 2 unspecified atom stereocenters. The number of rotatable bonds is 26. The molecule has 4 heteroatoms. The third-order valence-electron chi connectivity index (χ3n) is 6.65. The van der Waals surface area contributed by atoms with Gasteiger partial charge in [-0.2, -0.15) is 0 Å². The van der Waals surface area contributed by atoms with E-state index in [0.717, 1.165) is 64.2 Å². The molecule has 0 amide bonds. The fourth-order valence-electron chi connectivity index (χ4n) is 4.43. The van der Waals surface area contributed by atoms with E-state index in [1.807, 2.05) is 0 Å². The SMILES string of the molecule is CCCCCCCCCCCCCCC(O)CCC(O)CCCCCCCCCC(=O)O. The number of carboxylic acids is 1. The van der Waals surface area contributed by atoms with Crippen LogP contribution in [-0.2, 0) is 4.79 Å². The zero-order valence-corrected chi connectivity index (χ0v) is 21.4. The Kier molecular flexibility index (Phi) is 24.5. The molecule has 32 heavy (non-hydrogen) atoms. The third-order valence-corrected chi connectivity index (χ3v) is 6.65. The van der Waals surface area contributed by atoms with E-state index in [2.05, 4.69) is 6.92 Å². The normalized spacial score (nSPS) is 13.3. The number of aliphatic hydroxyl groups excluding tert-OH is 2. The Morgan fingerprint density at radius 1 is 0.500 bits per heavy atom. The fraction of sp³-hybridized carbons (Fsp3) is 0.964. The Bertz CT molecular complexity index is 386. The molecule has 0 aromatic carbocycles. The van der Waals surface area contributed by atoms with E-state index in [0.29, 0.717) is 6.42 Å². The average Bonchev–Trinajstić information content (AvgIpc) is 2.77. The van der Waals surface area contributed by atoms with E-state index in [1.54, 1.807) is 0 Å². The lowest BCUT2D eigenvalue weighted by Crippen LogP contribution is -2.13. The molecule has 0 aliphatic rings. The van der Waals surface area contributed by atoms with Crippen molar-refractivity contribution < 1.29 is 20.1 Å². The van der Waals surface area contributed by atoms with Gasteiger partial charge in [-0.15, -0.1) is 0 Å². The Morgan fingerprint density at radius 2 is 0.812 bits per heavy atom. The van der Waals surface area contributed by atoms with Gasteiger partial charge in [0.1, 0.15) is 0 Å². The Labute approximate surface area is 199 Å². The molecule has 0 aliphatic carbocycles. The molecule has 192 valence electrons. The highest BCUT2D eigenvalue weighted by Gasteiger charge is 2.09. The Morgan fingerprint density at radius 3 is 1.16 bits per heavy atom. The van der Waals surface area contributed by atoms with E-state index < -0.39 is 5.97 Å². The lowest BCUT2D eigenvalue weighted by atomic mass is 9.99. The van der Waals surface area contributed by atoms with Crippen LogP contribution in [0, 0.1) is 0 Å². The van der Waals surface area contributed by atoms with Gasteiger partial charge in [-0.05, 0) is 32.1 Å². The second kappa shape index (κ2) is 25.0. The van der Waals surface area contributed by atoms with Gasteiger partial charge in [-0.1, -0.05) is 122 Å². The molecule has 0 aliphatic heterocycles. The Balaban J connectivity index is 3.30. The van der Waals surface area contributed by atoms with Crippen LogP contribution in [0.25, 0.3) is 0 Å². The Hall–Kier alpha value is -0.610. The number of hydrogen-bond acceptors (Lipinski definition) is 3. The van der Waals surface area contributed by atoms with Crippen molar-refractivity contribution in [3.8, 4) is 0 Å². The molecule has 0 saturated heterocycles. The maximum absolute atomic E-state index is 10.4. The van der Waals surface area contributed by atoms with Crippen molar-refractivity contribution in [1.82, 2.24) is 0 Å². The molecule has 0 aromatic rings. The van der Waals surface area contributed by atoms with Crippen molar-refractivity contribution >= 4 is 5.97 Å². The topological polar surface area (TPSA) is 77.8 Å². The van der Waals surface area contributed by atoms with E-state index in [-0.39, 0.29) is 18.6 Å². The second-order valence-electron chi connectivity index (χ2n) is 9.97. The van der Waals surface area contributed by atoms with Gasteiger partial charge in [-0.3, -0.25) is 4.79 Å². The molecule has 0 radical (unpaired) electrons. The lowest BCUT2D eigenvalue weighted by Gasteiger charge is -2.14. The van der Waals surface area contributed by atoms with Crippen LogP contribution in [-0.4, -0.2) is 33.5 Å². The van der Waals surface area contributed by atoms with Gasteiger partial charge >= 0.3 is 5.97 Å². The molecule has 0 aromatic heterocycles.